The van der Waals surface area contributed by atoms with E-state index in [0.29, 0.717) is 0 Å². The number of nitrogens with zero attached hydrogens (tertiary/aromatic N) is 1. The lowest BCUT2D eigenvalue weighted by molar-refractivity contribution is 0.857. The highest BCUT2D eigenvalue weighted by atomic mass is 32.2. The van der Waals surface area contributed by atoms with Gasteiger partial charge >= 0.3 is 0 Å². The second kappa shape index (κ2) is 6.25. The van der Waals surface area contributed by atoms with Crippen LogP contribution in [0, 0.1) is 0 Å². The number of hydrogen-bond donors (Lipinski definition) is 1. The fourth-order valence-corrected chi connectivity index (χ4v) is 3.25. The lowest BCUT2D eigenvalue weighted by Crippen LogP contribution is -2.29. The number of nitrogens with two attached hydrogens (primary N) is 1. The molecule has 2 nitrogen and oxygen atoms in total. The number of benzene rings is 2. The number of rotatable bonds is 4. The van der Waals surface area contributed by atoms with Crippen LogP contribution in [0.1, 0.15) is 5.56 Å². The lowest BCUT2D eigenvalue weighted by atomic mass is 10.0. The van der Waals surface area contributed by atoms with Gasteiger partial charge in [0, 0.05) is 12.3 Å². The Bertz CT molecular complexity index is 590. The van der Waals surface area contributed by atoms with Crippen LogP contribution >= 0.6 is 11.8 Å². The van der Waals surface area contributed by atoms with Crippen LogP contribution in [0.15, 0.2) is 59.6 Å². The van der Waals surface area contributed by atoms with E-state index in [1.54, 1.807) is 11.8 Å². The largest absolute Gasteiger partial charge is 0.322 e. The maximum atomic E-state index is 6.21. The van der Waals surface area contributed by atoms with E-state index in [1.807, 2.05) is 6.07 Å². The molecule has 1 heterocycles. The molecule has 0 bridgehead atoms. The molecule has 0 saturated carbocycles. The quantitative estimate of drug-likeness (QED) is 0.933. The van der Waals surface area contributed by atoms with E-state index in [4.69, 9.17) is 5.73 Å². The number of thioether (sulfide) groups is 1. The topological polar surface area (TPSA) is 38.4 Å². The molecule has 1 aliphatic heterocycles. The normalized spacial score (nSPS) is 15.9. The van der Waals surface area contributed by atoms with Crippen LogP contribution in [0.2, 0.25) is 0 Å². The van der Waals surface area contributed by atoms with Crippen molar-refractivity contribution < 1.29 is 0 Å². The maximum absolute atomic E-state index is 6.21. The fraction of sp³-hybridized carbons (Fsp3) is 0.235. The number of hydrogen-bond acceptors (Lipinski definition) is 3. The van der Waals surface area contributed by atoms with Crippen molar-refractivity contribution in [3.05, 3.63) is 60.2 Å². The van der Waals surface area contributed by atoms with Crippen molar-refractivity contribution in [3.8, 4) is 11.1 Å². The van der Waals surface area contributed by atoms with Gasteiger partial charge in [-0.1, -0.05) is 54.6 Å². The minimum absolute atomic E-state index is 0.0464. The zero-order chi connectivity index (χ0) is 13.8. The maximum Gasteiger partial charge on any atom is 0.0848 e. The van der Waals surface area contributed by atoms with Crippen molar-refractivity contribution in [2.75, 3.05) is 12.3 Å². The average molecular weight is 282 g/mol. The Balaban J connectivity index is 1.70. The summed E-state index contributed by atoms with van der Waals surface area (Å²) >= 11 is 1.79. The molecule has 0 spiro atoms. The van der Waals surface area contributed by atoms with Gasteiger partial charge in [-0.05, 0) is 23.1 Å². The molecular weight excluding hydrogens is 264 g/mol. The first-order chi connectivity index (χ1) is 9.83. The van der Waals surface area contributed by atoms with Crippen molar-refractivity contribution in [1.29, 1.82) is 0 Å². The molecule has 102 valence electrons. The predicted octanol–water partition coefficient (Wildman–Crippen LogP) is 3.37. The van der Waals surface area contributed by atoms with Crippen LogP contribution in [-0.2, 0) is 6.42 Å². The van der Waals surface area contributed by atoms with Gasteiger partial charge in [0.25, 0.3) is 0 Å². The Morgan fingerprint density at radius 3 is 2.35 bits per heavy atom. The molecule has 0 amide bonds. The summed E-state index contributed by atoms with van der Waals surface area (Å²) < 4.78 is 0. The van der Waals surface area contributed by atoms with Crippen molar-refractivity contribution in [2.45, 2.75) is 12.5 Å². The Hall–Kier alpha value is -1.58. The third kappa shape index (κ3) is 3.11. The van der Waals surface area contributed by atoms with Crippen molar-refractivity contribution in [3.63, 3.8) is 0 Å². The van der Waals surface area contributed by atoms with Gasteiger partial charge in [-0.15, -0.1) is 11.8 Å². The van der Waals surface area contributed by atoms with Crippen LogP contribution in [0.5, 0.6) is 0 Å². The van der Waals surface area contributed by atoms with Gasteiger partial charge < -0.3 is 5.73 Å². The lowest BCUT2D eigenvalue weighted by Gasteiger charge is -2.11. The van der Waals surface area contributed by atoms with E-state index in [-0.39, 0.29) is 6.04 Å². The molecular formula is C17H18N2S. The van der Waals surface area contributed by atoms with Crippen LogP contribution in [0.3, 0.4) is 0 Å². The molecule has 0 aromatic heterocycles. The van der Waals surface area contributed by atoms with Gasteiger partial charge in [0.2, 0.25) is 0 Å². The fourth-order valence-electron chi connectivity index (χ4n) is 2.38. The third-order valence-corrected chi connectivity index (χ3v) is 4.56. The van der Waals surface area contributed by atoms with Crippen molar-refractivity contribution in [2.24, 2.45) is 10.7 Å². The first kappa shape index (κ1) is 13.4. The molecule has 2 aromatic rings. The molecule has 1 aliphatic rings. The van der Waals surface area contributed by atoms with Gasteiger partial charge in [0.05, 0.1) is 11.1 Å². The van der Waals surface area contributed by atoms with E-state index >= 15 is 0 Å². The summed E-state index contributed by atoms with van der Waals surface area (Å²) in [5.41, 5.74) is 9.97. The summed E-state index contributed by atoms with van der Waals surface area (Å²) in [7, 11) is 0. The molecule has 0 fully saturated rings. The summed E-state index contributed by atoms with van der Waals surface area (Å²) in [6.07, 6.45) is 0.862. The molecule has 1 unspecified atom stereocenters. The minimum Gasteiger partial charge on any atom is -0.322 e. The highest BCUT2D eigenvalue weighted by molar-refractivity contribution is 8.14. The smallest absolute Gasteiger partial charge is 0.0848 e. The first-order valence-corrected chi connectivity index (χ1v) is 7.88. The Morgan fingerprint density at radius 2 is 1.70 bits per heavy atom. The van der Waals surface area contributed by atoms with Crippen LogP contribution in [-0.4, -0.2) is 23.4 Å². The summed E-state index contributed by atoms with van der Waals surface area (Å²) in [4.78, 5) is 4.45. The van der Waals surface area contributed by atoms with Gasteiger partial charge in [0.15, 0.2) is 0 Å². The molecule has 0 radical (unpaired) electrons. The van der Waals surface area contributed by atoms with Crippen molar-refractivity contribution in [1.82, 2.24) is 0 Å². The Morgan fingerprint density at radius 1 is 1.00 bits per heavy atom. The first-order valence-electron chi connectivity index (χ1n) is 6.90. The van der Waals surface area contributed by atoms with Gasteiger partial charge in [0.1, 0.15) is 0 Å². The Kier molecular flexibility index (Phi) is 4.19. The van der Waals surface area contributed by atoms with Gasteiger partial charge in [-0.25, -0.2) is 0 Å². The molecule has 20 heavy (non-hydrogen) atoms. The molecule has 2 N–H and O–H groups in total. The molecule has 3 heteroatoms. The monoisotopic (exact) mass is 282 g/mol. The van der Waals surface area contributed by atoms with Gasteiger partial charge in [-0.2, -0.15) is 0 Å². The molecule has 3 rings (SSSR count). The Labute approximate surface area is 124 Å². The van der Waals surface area contributed by atoms with E-state index in [2.05, 4.69) is 53.5 Å². The zero-order valence-corrected chi connectivity index (χ0v) is 12.1. The second-order valence-corrected chi connectivity index (χ2v) is 6.06. The number of aliphatic imine (C=N–C) groups is 1. The van der Waals surface area contributed by atoms with E-state index in [9.17, 15) is 0 Å². The predicted molar refractivity (Wildman–Crippen MR) is 88.3 cm³/mol. The SMILES string of the molecule is NC(Cc1ccc(-c2ccccc2)cc1)C1=NCCS1. The molecule has 0 aliphatic carbocycles. The van der Waals surface area contributed by atoms with Crippen molar-refractivity contribution >= 4 is 16.8 Å². The third-order valence-electron chi connectivity index (χ3n) is 3.44. The zero-order valence-electron chi connectivity index (χ0n) is 11.3. The highest BCUT2D eigenvalue weighted by Crippen LogP contribution is 2.21. The molecule has 0 saturated heterocycles. The standard InChI is InChI=1S/C17H18N2S/c18-16(17-19-10-11-20-17)12-13-6-8-15(9-7-13)14-4-2-1-3-5-14/h1-9,16H,10-12,18H2. The van der Waals surface area contributed by atoms with E-state index in [0.717, 1.165) is 23.8 Å². The van der Waals surface area contributed by atoms with Gasteiger partial charge in [-0.3, -0.25) is 4.99 Å². The van der Waals surface area contributed by atoms with E-state index in [1.165, 1.54) is 16.7 Å². The molecule has 1 atom stereocenters. The minimum atomic E-state index is 0.0464. The summed E-state index contributed by atoms with van der Waals surface area (Å²) in [6.45, 7) is 0.917. The van der Waals surface area contributed by atoms with Crippen LogP contribution in [0.4, 0.5) is 0 Å². The summed E-state index contributed by atoms with van der Waals surface area (Å²) in [5, 5.41) is 1.11. The average Bonchev–Trinajstić information content (AvgIpc) is 3.03. The summed E-state index contributed by atoms with van der Waals surface area (Å²) in [5.74, 6) is 1.08. The van der Waals surface area contributed by atoms with E-state index < -0.39 is 0 Å². The highest BCUT2D eigenvalue weighted by Gasteiger charge is 2.15. The summed E-state index contributed by atoms with van der Waals surface area (Å²) in [6, 6.07) is 19.1. The van der Waals surface area contributed by atoms with Crippen LogP contribution in [0.25, 0.3) is 11.1 Å². The van der Waals surface area contributed by atoms with Crippen LogP contribution < -0.4 is 5.73 Å². The second-order valence-electron chi connectivity index (χ2n) is 4.94. The molecule has 2 aromatic carbocycles.